The Morgan fingerprint density at radius 2 is 1.96 bits per heavy atom. The fourth-order valence-electron chi connectivity index (χ4n) is 2.83. The van der Waals surface area contributed by atoms with Gasteiger partial charge < -0.3 is 15.4 Å². The monoisotopic (exact) mass is 348 g/mol. The second kappa shape index (κ2) is 7.00. The van der Waals surface area contributed by atoms with Crippen molar-refractivity contribution in [3.05, 3.63) is 54.4 Å². The van der Waals surface area contributed by atoms with Crippen LogP contribution in [0, 0.1) is 5.92 Å². The van der Waals surface area contributed by atoms with E-state index in [1.165, 1.54) is 0 Å². The molecule has 2 aromatic heterocycles. The van der Waals surface area contributed by atoms with Crippen LogP contribution in [0.4, 0.5) is 11.6 Å². The highest BCUT2D eigenvalue weighted by molar-refractivity contribution is 5.98. The van der Waals surface area contributed by atoms with Crippen LogP contribution in [0.15, 0.2) is 48.8 Å². The number of ether oxygens (including phenoxy) is 1. The third kappa shape index (κ3) is 3.44. The third-order valence-electron chi connectivity index (χ3n) is 4.43. The standard InChI is InChI=1S/C20H20N4O2/c1-21-19-17-11-22-18(24-20(25)13-7-8-13)9-16(17)14(10-23-19)12-26-15-5-3-2-4-6-15/h2-6,9-11,13H,7-8,12H2,1H3,(H,21,23)(H,22,24,25). The quantitative estimate of drug-likeness (QED) is 0.712. The topological polar surface area (TPSA) is 76.1 Å². The molecule has 0 bridgehead atoms. The Morgan fingerprint density at radius 1 is 1.15 bits per heavy atom. The van der Waals surface area contributed by atoms with Gasteiger partial charge in [-0.1, -0.05) is 18.2 Å². The lowest BCUT2D eigenvalue weighted by molar-refractivity contribution is -0.117. The Bertz CT molecular complexity index is 939. The summed E-state index contributed by atoms with van der Waals surface area (Å²) >= 11 is 0. The summed E-state index contributed by atoms with van der Waals surface area (Å²) in [5, 5.41) is 7.84. The van der Waals surface area contributed by atoms with Gasteiger partial charge in [-0.25, -0.2) is 9.97 Å². The molecule has 6 nitrogen and oxygen atoms in total. The van der Waals surface area contributed by atoms with Gasteiger partial charge in [-0.15, -0.1) is 0 Å². The van der Waals surface area contributed by atoms with Crippen molar-refractivity contribution in [1.29, 1.82) is 0 Å². The molecule has 6 heteroatoms. The van der Waals surface area contributed by atoms with Crippen LogP contribution < -0.4 is 15.4 Å². The van der Waals surface area contributed by atoms with Gasteiger partial charge >= 0.3 is 0 Å². The molecule has 2 N–H and O–H groups in total. The number of rotatable bonds is 6. The van der Waals surface area contributed by atoms with Gasteiger partial charge in [-0.05, 0) is 36.4 Å². The number of fused-ring (bicyclic) bond motifs is 1. The average molecular weight is 348 g/mol. The van der Waals surface area contributed by atoms with E-state index in [1.807, 2.05) is 43.4 Å². The zero-order valence-corrected chi connectivity index (χ0v) is 14.5. The molecule has 4 rings (SSSR count). The summed E-state index contributed by atoms with van der Waals surface area (Å²) in [7, 11) is 1.82. The largest absolute Gasteiger partial charge is 0.489 e. The maximum atomic E-state index is 12.0. The van der Waals surface area contributed by atoms with Crippen LogP contribution in [0.2, 0.25) is 0 Å². The van der Waals surface area contributed by atoms with E-state index >= 15 is 0 Å². The van der Waals surface area contributed by atoms with E-state index in [-0.39, 0.29) is 11.8 Å². The van der Waals surface area contributed by atoms with Crippen molar-refractivity contribution < 1.29 is 9.53 Å². The van der Waals surface area contributed by atoms with Gasteiger partial charge in [-0.3, -0.25) is 4.79 Å². The Labute approximate surface area is 151 Å². The molecule has 0 unspecified atom stereocenters. The van der Waals surface area contributed by atoms with Crippen molar-refractivity contribution in [2.75, 3.05) is 17.7 Å². The highest BCUT2D eigenvalue weighted by Crippen LogP contribution is 2.31. The predicted molar refractivity (Wildman–Crippen MR) is 101 cm³/mol. The molecule has 1 saturated carbocycles. The number of benzene rings is 1. The van der Waals surface area contributed by atoms with Crippen LogP contribution in [0.1, 0.15) is 18.4 Å². The van der Waals surface area contributed by atoms with Crippen LogP contribution >= 0.6 is 0 Å². The third-order valence-corrected chi connectivity index (χ3v) is 4.43. The van der Waals surface area contributed by atoms with Crippen molar-refractivity contribution in [3.8, 4) is 5.75 Å². The maximum Gasteiger partial charge on any atom is 0.228 e. The first kappa shape index (κ1) is 16.3. The van der Waals surface area contributed by atoms with Crippen molar-refractivity contribution in [1.82, 2.24) is 9.97 Å². The minimum Gasteiger partial charge on any atom is -0.489 e. The van der Waals surface area contributed by atoms with Crippen LogP contribution in [-0.4, -0.2) is 22.9 Å². The zero-order chi connectivity index (χ0) is 17.9. The number of pyridine rings is 2. The van der Waals surface area contributed by atoms with Crippen LogP contribution in [0.3, 0.4) is 0 Å². The van der Waals surface area contributed by atoms with Gasteiger partial charge in [0.1, 0.15) is 24.0 Å². The van der Waals surface area contributed by atoms with Crippen LogP contribution in [-0.2, 0) is 11.4 Å². The Kier molecular flexibility index (Phi) is 4.39. The Balaban J connectivity index is 1.65. The number of anilines is 2. The molecule has 1 amide bonds. The van der Waals surface area contributed by atoms with E-state index in [9.17, 15) is 4.79 Å². The van der Waals surface area contributed by atoms with Crippen LogP contribution in [0.5, 0.6) is 5.75 Å². The first-order valence-electron chi connectivity index (χ1n) is 8.68. The second-order valence-corrected chi connectivity index (χ2v) is 6.36. The summed E-state index contributed by atoms with van der Waals surface area (Å²) in [5.74, 6) is 2.29. The molecular formula is C20H20N4O2. The van der Waals surface area contributed by atoms with Crippen molar-refractivity contribution >= 4 is 28.3 Å². The van der Waals surface area contributed by atoms with Gasteiger partial charge in [0.2, 0.25) is 5.91 Å². The number of carbonyl (C=O) groups excluding carboxylic acids is 1. The molecule has 0 aliphatic heterocycles. The predicted octanol–water partition coefficient (Wildman–Crippen LogP) is 3.60. The van der Waals surface area contributed by atoms with E-state index in [2.05, 4.69) is 20.6 Å². The number of nitrogens with one attached hydrogen (secondary N) is 2. The molecule has 1 aliphatic rings. The lowest BCUT2D eigenvalue weighted by Crippen LogP contribution is -2.14. The number of carbonyl (C=O) groups is 1. The molecule has 132 valence electrons. The molecule has 1 fully saturated rings. The Morgan fingerprint density at radius 3 is 2.69 bits per heavy atom. The maximum absolute atomic E-state index is 12.0. The molecule has 2 heterocycles. The lowest BCUT2D eigenvalue weighted by Gasteiger charge is -2.12. The molecule has 26 heavy (non-hydrogen) atoms. The highest BCUT2D eigenvalue weighted by Gasteiger charge is 2.29. The number of hydrogen-bond donors (Lipinski definition) is 2. The molecule has 0 atom stereocenters. The van der Waals surface area contributed by atoms with E-state index in [0.29, 0.717) is 12.4 Å². The minimum absolute atomic E-state index is 0.0434. The second-order valence-electron chi connectivity index (χ2n) is 6.36. The zero-order valence-electron chi connectivity index (χ0n) is 14.5. The van der Waals surface area contributed by atoms with Crippen LogP contribution in [0.25, 0.3) is 10.8 Å². The fraction of sp³-hybridized carbons (Fsp3) is 0.250. The molecule has 1 aliphatic carbocycles. The van der Waals surface area contributed by atoms with E-state index in [4.69, 9.17) is 4.74 Å². The number of hydrogen-bond acceptors (Lipinski definition) is 5. The van der Waals surface area contributed by atoms with Gasteiger partial charge in [0.25, 0.3) is 0 Å². The fourth-order valence-corrected chi connectivity index (χ4v) is 2.83. The summed E-state index contributed by atoms with van der Waals surface area (Å²) in [6, 6.07) is 11.5. The summed E-state index contributed by atoms with van der Waals surface area (Å²) in [5.41, 5.74) is 0.937. The molecule has 0 spiro atoms. The number of aromatic nitrogens is 2. The van der Waals surface area contributed by atoms with Crippen molar-refractivity contribution in [2.45, 2.75) is 19.4 Å². The molecule has 0 radical (unpaired) electrons. The number of para-hydroxylation sites is 1. The summed E-state index contributed by atoms with van der Waals surface area (Å²) < 4.78 is 5.87. The SMILES string of the molecule is CNc1ncc(COc2ccccc2)c2cc(NC(=O)C3CC3)ncc12. The van der Waals surface area contributed by atoms with E-state index in [0.717, 1.165) is 40.7 Å². The lowest BCUT2D eigenvalue weighted by atomic mass is 10.1. The average Bonchev–Trinajstić information content (AvgIpc) is 3.52. The van der Waals surface area contributed by atoms with Gasteiger partial charge in [0.15, 0.2) is 0 Å². The molecule has 1 aromatic carbocycles. The van der Waals surface area contributed by atoms with E-state index < -0.39 is 0 Å². The number of nitrogens with zero attached hydrogens (tertiary/aromatic N) is 2. The van der Waals surface area contributed by atoms with Crippen molar-refractivity contribution in [3.63, 3.8) is 0 Å². The van der Waals surface area contributed by atoms with E-state index in [1.54, 1.807) is 12.4 Å². The summed E-state index contributed by atoms with van der Waals surface area (Å²) in [6.45, 7) is 0.386. The van der Waals surface area contributed by atoms with Crippen molar-refractivity contribution in [2.24, 2.45) is 5.92 Å². The molecular weight excluding hydrogens is 328 g/mol. The Hall–Kier alpha value is -3.15. The van der Waals surface area contributed by atoms with Gasteiger partial charge in [0.05, 0.1) is 0 Å². The highest BCUT2D eigenvalue weighted by atomic mass is 16.5. The molecule has 0 saturated heterocycles. The smallest absolute Gasteiger partial charge is 0.228 e. The first-order valence-corrected chi connectivity index (χ1v) is 8.68. The minimum atomic E-state index is 0.0434. The van der Waals surface area contributed by atoms with Gasteiger partial charge in [-0.2, -0.15) is 0 Å². The first-order chi connectivity index (χ1) is 12.7. The van der Waals surface area contributed by atoms with Gasteiger partial charge in [0, 0.05) is 36.3 Å². The summed E-state index contributed by atoms with van der Waals surface area (Å²) in [6.07, 6.45) is 5.46. The number of amides is 1. The molecule has 3 aromatic rings. The summed E-state index contributed by atoms with van der Waals surface area (Å²) in [4.78, 5) is 20.8. The normalized spacial score (nSPS) is 13.4.